The van der Waals surface area contributed by atoms with Gasteiger partial charge in [-0.25, -0.2) is 9.97 Å². The maximum absolute atomic E-state index is 11.6. The first-order valence-electron chi connectivity index (χ1n) is 7.08. The van der Waals surface area contributed by atoms with Gasteiger partial charge in [0.05, 0.1) is 11.2 Å². The molecule has 3 N–H and O–H groups in total. The molecule has 0 saturated carbocycles. The number of nitrogens with zero attached hydrogens (tertiary/aromatic N) is 2. The molecular weight excluding hydrogens is 266 g/mol. The summed E-state index contributed by atoms with van der Waals surface area (Å²) in [5.41, 5.74) is 3.00. The van der Waals surface area contributed by atoms with Crippen LogP contribution in [0.2, 0.25) is 0 Å². The van der Waals surface area contributed by atoms with E-state index < -0.39 is 0 Å². The van der Waals surface area contributed by atoms with E-state index in [-0.39, 0.29) is 18.2 Å². The summed E-state index contributed by atoms with van der Waals surface area (Å²) >= 11 is 0. The van der Waals surface area contributed by atoms with E-state index >= 15 is 0 Å². The van der Waals surface area contributed by atoms with Gasteiger partial charge in [0.2, 0.25) is 11.9 Å². The van der Waals surface area contributed by atoms with Crippen molar-refractivity contribution in [2.75, 3.05) is 5.32 Å². The second kappa shape index (κ2) is 5.29. The average Bonchev–Trinajstić information content (AvgIpc) is 2.38. The normalized spacial score (nSPS) is 22.1. The lowest BCUT2D eigenvalue weighted by atomic mass is 10.1. The second-order valence-corrected chi connectivity index (χ2v) is 5.57. The van der Waals surface area contributed by atoms with E-state index in [1.54, 1.807) is 0 Å². The first-order valence-corrected chi connectivity index (χ1v) is 7.08. The van der Waals surface area contributed by atoms with Crippen molar-refractivity contribution in [2.24, 2.45) is 0 Å². The molecule has 0 aliphatic carbocycles. The third kappa shape index (κ3) is 2.95. The van der Waals surface area contributed by atoms with Crippen LogP contribution in [0.3, 0.4) is 0 Å². The number of carbonyl (C=O) groups is 1. The van der Waals surface area contributed by atoms with Crippen molar-refractivity contribution in [2.45, 2.75) is 39.5 Å². The van der Waals surface area contributed by atoms with Crippen molar-refractivity contribution in [3.8, 4) is 0 Å². The summed E-state index contributed by atoms with van der Waals surface area (Å²) in [6.45, 7) is 5.99. The summed E-state index contributed by atoms with van der Waals surface area (Å²) in [6, 6.07) is 6.22. The number of amides is 1. The molecule has 0 spiro atoms. The summed E-state index contributed by atoms with van der Waals surface area (Å²) < 4.78 is 0. The molecular formula is C15H19N5O. The molecule has 1 amide bonds. The number of carbonyl (C=O) groups excluding carboxylic acids is 1. The lowest BCUT2D eigenvalue weighted by molar-refractivity contribution is -0.123. The van der Waals surface area contributed by atoms with E-state index in [9.17, 15) is 4.79 Å². The Morgan fingerprint density at radius 1 is 1.29 bits per heavy atom. The lowest BCUT2D eigenvalue weighted by Crippen LogP contribution is -2.59. The topological polar surface area (TPSA) is 78.9 Å². The molecule has 1 fully saturated rings. The number of anilines is 1. The smallest absolute Gasteiger partial charge is 0.226 e. The molecule has 3 rings (SSSR count). The number of fused-ring (bicyclic) bond motifs is 1. The molecule has 1 saturated heterocycles. The van der Waals surface area contributed by atoms with Crippen molar-refractivity contribution >= 4 is 22.8 Å². The molecule has 1 aromatic carbocycles. The number of rotatable bonds is 2. The Labute approximate surface area is 123 Å². The fourth-order valence-electron chi connectivity index (χ4n) is 2.55. The van der Waals surface area contributed by atoms with Crippen LogP contribution in [0.25, 0.3) is 10.9 Å². The van der Waals surface area contributed by atoms with Crippen LogP contribution in [0.15, 0.2) is 18.2 Å². The Hall–Kier alpha value is -2.21. The van der Waals surface area contributed by atoms with Crippen LogP contribution in [0.1, 0.15) is 24.6 Å². The molecule has 21 heavy (non-hydrogen) atoms. The zero-order valence-electron chi connectivity index (χ0n) is 12.4. The molecule has 1 aliphatic heterocycles. The molecule has 0 radical (unpaired) electrons. The summed E-state index contributed by atoms with van der Waals surface area (Å²) in [6.07, 6.45) is 0.137. The Balaban J connectivity index is 1.87. The third-order valence-electron chi connectivity index (χ3n) is 3.56. The van der Waals surface area contributed by atoms with Crippen molar-refractivity contribution in [1.29, 1.82) is 0 Å². The molecule has 110 valence electrons. The molecule has 2 heterocycles. The Kier molecular flexibility index (Phi) is 3.47. The van der Waals surface area contributed by atoms with E-state index in [0.29, 0.717) is 12.4 Å². The predicted octanol–water partition coefficient (Wildman–Crippen LogP) is 1.44. The summed E-state index contributed by atoms with van der Waals surface area (Å²) in [5.74, 6) is 0.530. The Bertz CT molecular complexity index is 700. The monoisotopic (exact) mass is 285 g/mol. The first-order chi connectivity index (χ1) is 10.0. The molecule has 0 bridgehead atoms. The Morgan fingerprint density at radius 2 is 2.10 bits per heavy atom. The highest BCUT2D eigenvalue weighted by Gasteiger charge is 2.23. The van der Waals surface area contributed by atoms with Gasteiger partial charge in [0.1, 0.15) is 0 Å². The maximum atomic E-state index is 11.6. The van der Waals surface area contributed by atoms with Crippen LogP contribution in [-0.4, -0.2) is 28.2 Å². The third-order valence-corrected chi connectivity index (χ3v) is 3.56. The van der Waals surface area contributed by atoms with Crippen LogP contribution in [-0.2, 0) is 4.79 Å². The van der Waals surface area contributed by atoms with Gasteiger partial charge in [-0.15, -0.1) is 0 Å². The Morgan fingerprint density at radius 3 is 2.86 bits per heavy atom. The number of hydrogen-bond donors (Lipinski definition) is 3. The zero-order valence-corrected chi connectivity index (χ0v) is 12.4. The minimum atomic E-state index is -0.344. The second-order valence-electron chi connectivity index (χ2n) is 5.57. The quantitative estimate of drug-likeness (QED) is 0.778. The van der Waals surface area contributed by atoms with Crippen molar-refractivity contribution in [3.63, 3.8) is 0 Å². The standard InChI is InChI=1S/C15H19N5O/c1-8-4-5-12-11(6-8)10(3)17-15(18-12)20-14-16-9(2)7-13(21)19-14/h4-6,9,14,16H,7H2,1-3H3,(H,19,21)(H,17,18,20). The molecule has 2 aromatic rings. The predicted molar refractivity (Wildman–Crippen MR) is 81.8 cm³/mol. The van der Waals surface area contributed by atoms with Crippen molar-refractivity contribution in [3.05, 3.63) is 29.5 Å². The van der Waals surface area contributed by atoms with Crippen LogP contribution < -0.4 is 16.0 Å². The van der Waals surface area contributed by atoms with Gasteiger partial charge in [-0.1, -0.05) is 11.6 Å². The first kappa shape index (κ1) is 13.8. The molecule has 1 aromatic heterocycles. The van der Waals surface area contributed by atoms with Crippen LogP contribution in [0.5, 0.6) is 0 Å². The lowest BCUT2D eigenvalue weighted by Gasteiger charge is -2.30. The highest BCUT2D eigenvalue weighted by Crippen LogP contribution is 2.18. The van der Waals surface area contributed by atoms with E-state index in [0.717, 1.165) is 16.6 Å². The minimum Gasteiger partial charge on any atom is -0.323 e. The van der Waals surface area contributed by atoms with Crippen molar-refractivity contribution in [1.82, 2.24) is 20.6 Å². The summed E-state index contributed by atoms with van der Waals surface area (Å²) in [7, 11) is 0. The van der Waals surface area contributed by atoms with Gasteiger partial charge in [0.15, 0.2) is 6.29 Å². The summed E-state index contributed by atoms with van der Waals surface area (Å²) in [5, 5.41) is 10.3. The molecule has 1 aliphatic rings. The van der Waals surface area contributed by atoms with Gasteiger partial charge in [-0.3, -0.25) is 10.1 Å². The van der Waals surface area contributed by atoms with Crippen LogP contribution in [0.4, 0.5) is 5.95 Å². The SMILES string of the molecule is Cc1ccc2nc(NC3NC(=O)CC(C)N3)nc(C)c2c1. The zero-order chi connectivity index (χ0) is 15.0. The van der Waals surface area contributed by atoms with Gasteiger partial charge in [-0.05, 0) is 32.9 Å². The van der Waals surface area contributed by atoms with Crippen LogP contribution in [0, 0.1) is 13.8 Å². The number of benzene rings is 1. The van der Waals surface area contributed by atoms with Gasteiger partial charge < -0.3 is 10.6 Å². The fraction of sp³-hybridized carbons (Fsp3) is 0.400. The highest BCUT2D eigenvalue weighted by atomic mass is 16.2. The van der Waals surface area contributed by atoms with Gasteiger partial charge in [0.25, 0.3) is 0 Å². The van der Waals surface area contributed by atoms with E-state index in [1.807, 2.05) is 32.9 Å². The molecule has 2 atom stereocenters. The largest absolute Gasteiger partial charge is 0.323 e. The van der Waals surface area contributed by atoms with E-state index in [1.165, 1.54) is 5.56 Å². The maximum Gasteiger partial charge on any atom is 0.226 e. The summed E-state index contributed by atoms with van der Waals surface area (Å²) in [4.78, 5) is 20.5. The molecule has 6 heteroatoms. The van der Waals surface area contributed by atoms with Gasteiger partial charge in [-0.2, -0.15) is 0 Å². The highest BCUT2D eigenvalue weighted by molar-refractivity contribution is 5.82. The van der Waals surface area contributed by atoms with Crippen molar-refractivity contribution < 1.29 is 4.79 Å². The van der Waals surface area contributed by atoms with E-state index in [4.69, 9.17) is 0 Å². The number of nitrogens with one attached hydrogen (secondary N) is 3. The number of hydrogen-bond acceptors (Lipinski definition) is 5. The fourth-order valence-corrected chi connectivity index (χ4v) is 2.55. The van der Waals surface area contributed by atoms with Gasteiger partial charge >= 0.3 is 0 Å². The minimum absolute atomic E-state index is 0.0203. The number of aryl methyl sites for hydroxylation is 2. The average molecular weight is 285 g/mol. The van der Waals surface area contributed by atoms with E-state index in [2.05, 4.69) is 32.0 Å². The number of aromatic nitrogens is 2. The van der Waals surface area contributed by atoms with Gasteiger partial charge in [0, 0.05) is 17.8 Å². The molecule has 6 nitrogen and oxygen atoms in total. The van der Waals surface area contributed by atoms with Crippen LogP contribution >= 0.6 is 0 Å². The molecule has 2 unspecified atom stereocenters.